The Labute approximate surface area is 219 Å². The number of carbonyl (C=O) groups is 2. The molecule has 0 aliphatic carbocycles. The van der Waals surface area contributed by atoms with Gasteiger partial charge < -0.3 is 19.5 Å². The number of carbonyl (C=O) groups excluding carboxylic acids is 2. The van der Waals surface area contributed by atoms with E-state index in [1.807, 2.05) is 11.6 Å². The van der Waals surface area contributed by atoms with Crippen molar-refractivity contribution in [1.82, 2.24) is 14.8 Å². The SMILES string of the molecule is CCOc1cc2c(cc1S(=O)(=O)NC(=O)SNC)C(C(C)NC(=O)c1cc(Cl)ccc1OC)CCO2. The van der Waals surface area contributed by atoms with Crippen molar-refractivity contribution in [2.75, 3.05) is 27.4 Å². The molecule has 2 amide bonds. The predicted molar refractivity (Wildman–Crippen MR) is 138 cm³/mol. The molecule has 0 bridgehead atoms. The minimum absolute atomic E-state index is 0.0620. The van der Waals surface area contributed by atoms with Gasteiger partial charge in [0.2, 0.25) is 0 Å². The number of sulfonamides is 1. The van der Waals surface area contributed by atoms with Crippen LogP contribution in [-0.4, -0.2) is 53.0 Å². The Bertz CT molecular complexity index is 1240. The lowest BCUT2D eigenvalue weighted by atomic mass is 9.87. The minimum Gasteiger partial charge on any atom is -0.496 e. The van der Waals surface area contributed by atoms with Crippen molar-refractivity contribution in [2.24, 2.45) is 0 Å². The topological polar surface area (TPSA) is 132 Å². The third kappa shape index (κ3) is 6.36. The van der Waals surface area contributed by atoms with E-state index in [9.17, 15) is 18.0 Å². The zero-order chi connectivity index (χ0) is 26.5. The molecule has 2 unspecified atom stereocenters. The van der Waals surface area contributed by atoms with Gasteiger partial charge in [0.1, 0.15) is 22.1 Å². The fourth-order valence-corrected chi connectivity index (χ4v) is 5.79. The fourth-order valence-electron chi connectivity index (χ4n) is 3.94. The summed E-state index contributed by atoms with van der Waals surface area (Å²) in [4.78, 5) is 24.8. The van der Waals surface area contributed by atoms with Gasteiger partial charge in [-0.2, -0.15) is 0 Å². The maximum absolute atomic E-state index is 13.1. The highest BCUT2D eigenvalue weighted by molar-refractivity contribution is 8.13. The van der Waals surface area contributed by atoms with E-state index in [-0.39, 0.29) is 34.6 Å². The summed E-state index contributed by atoms with van der Waals surface area (Å²) in [5.74, 6) is 0.222. The van der Waals surface area contributed by atoms with E-state index in [0.29, 0.717) is 47.1 Å². The van der Waals surface area contributed by atoms with Crippen LogP contribution in [0, 0.1) is 0 Å². The van der Waals surface area contributed by atoms with Gasteiger partial charge in [-0.25, -0.2) is 13.1 Å². The van der Waals surface area contributed by atoms with Crippen LogP contribution in [0.15, 0.2) is 35.2 Å². The van der Waals surface area contributed by atoms with Crippen molar-refractivity contribution in [2.45, 2.75) is 37.1 Å². The molecule has 10 nitrogen and oxygen atoms in total. The maximum atomic E-state index is 13.1. The lowest BCUT2D eigenvalue weighted by molar-refractivity contribution is 0.0926. The Morgan fingerprint density at radius 1 is 1.25 bits per heavy atom. The third-order valence-corrected chi connectivity index (χ3v) is 7.74. The van der Waals surface area contributed by atoms with Crippen LogP contribution in [0.2, 0.25) is 5.02 Å². The van der Waals surface area contributed by atoms with Crippen molar-refractivity contribution < 1.29 is 32.2 Å². The predicted octanol–water partition coefficient (Wildman–Crippen LogP) is 3.70. The van der Waals surface area contributed by atoms with Gasteiger partial charge in [-0.15, -0.1) is 0 Å². The van der Waals surface area contributed by atoms with E-state index < -0.39 is 21.3 Å². The van der Waals surface area contributed by atoms with Crippen LogP contribution < -0.4 is 29.0 Å². The summed E-state index contributed by atoms with van der Waals surface area (Å²) in [5, 5.41) is 2.56. The fraction of sp³-hybridized carbons (Fsp3) is 0.391. The molecule has 0 fully saturated rings. The average Bonchev–Trinajstić information content (AvgIpc) is 2.83. The van der Waals surface area contributed by atoms with Crippen molar-refractivity contribution in [3.05, 3.63) is 46.5 Å². The summed E-state index contributed by atoms with van der Waals surface area (Å²) in [6.07, 6.45) is 0.524. The molecule has 196 valence electrons. The summed E-state index contributed by atoms with van der Waals surface area (Å²) in [6, 6.07) is 7.29. The molecule has 0 radical (unpaired) electrons. The Kier molecular flexibility index (Phi) is 9.34. The molecule has 1 aliphatic rings. The molecule has 36 heavy (non-hydrogen) atoms. The van der Waals surface area contributed by atoms with E-state index in [1.54, 1.807) is 19.1 Å². The van der Waals surface area contributed by atoms with Gasteiger partial charge in [-0.05, 0) is 51.6 Å². The first-order chi connectivity index (χ1) is 17.1. The second-order valence-electron chi connectivity index (χ2n) is 7.82. The summed E-state index contributed by atoms with van der Waals surface area (Å²) in [7, 11) is -1.30. The standard InChI is InChI=1S/C23H28ClN3O7S2/c1-5-33-20-12-19-16(11-21(20)36(30,31)27-23(29)35-25-3)15(8-9-34-19)13(2)26-22(28)17-10-14(24)6-7-18(17)32-4/h6-7,10-13,15,25H,5,8-9H2,1-4H3,(H,26,28)(H,27,29). The minimum atomic E-state index is -4.26. The molecule has 0 saturated heterocycles. The van der Waals surface area contributed by atoms with E-state index in [0.717, 1.165) is 0 Å². The van der Waals surface area contributed by atoms with Crippen LogP contribution in [0.5, 0.6) is 17.2 Å². The molecule has 3 N–H and O–H groups in total. The number of hydrogen-bond acceptors (Lipinski definition) is 9. The molecule has 1 aliphatic heterocycles. The third-order valence-electron chi connectivity index (χ3n) is 5.53. The molecule has 0 saturated carbocycles. The lowest BCUT2D eigenvalue weighted by Gasteiger charge is -2.32. The van der Waals surface area contributed by atoms with Crippen molar-refractivity contribution >= 4 is 44.7 Å². The normalized spacial score (nSPS) is 15.8. The first-order valence-corrected chi connectivity index (χ1v) is 13.8. The van der Waals surface area contributed by atoms with E-state index >= 15 is 0 Å². The van der Waals surface area contributed by atoms with Gasteiger partial charge in [0.05, 0.1) is 25.9 Å². The number of ether oxygens (including phenoxy) is 3. The number of halogens is 1. The number of benzene rings is 2. The smallest absolute Gasteiger partial charge is 0.307 e. The number of hydrogen-bond donors (Lipinski definition) is 3. The van der Waals surface area contributed by atoms with Gasteiger partial charge in [-0.1, -0.05) is 11.6 Å². The average molecular weight is 558 g/mol. The number of rotatable bonds is 9. The first kappa shape index (κ1) is 27.9. The second kappa shape index (κ2) is 12.0. The first-order valence-electron chi connectivity index (χ1n) is 11.1. The number of methoxy groups -OCH3 is 1. The molecule has 3 rings (SSSR count). The largest absolute Gasteiger partial charge is 0.496 e. The Hall–Kier alpha value is -2.67. The zero-order valence-electron chi connectivity index (χ0n) is 20.2. The molecule has 0 spiro atoms. The summed E-state index contributed by atoms with van der Waals surface area (Å²) >= 11 is 6.67. The second-order valence-corrected chi connectivity index (χ2v) is 10.9. The van der Waals surface area contributed by atoms with Gasteiger partial charge in [0.15, 0.2) is 0 Å². The molecule has 0 aromatic heterocycles. The number of fused-ring (bicyclic) bond motifs is 1. The lowest BCUT2D eigenvalue weighted by Crippen LogP contribution is -2.39. The summed E-state index contributed by atoms with van der Waals surface area (Å²) in [5.41, 5.74) is 0.855. The van der Waals surface area contributed by atoms with Crippen molar-refractivity contribution in [3.8, 4) is 17.2 Å². The Balaban J connectivity index is 1.96. The molecule has 2 aromatic rings. The molecule has 1 heterocycles. The number of amides is 2. The van der Waals surface area contributed by atoms with Crippen LogP contribution in [0.25, 0.3) is 0 Å². The van der Waals surface area contributed by atoms with Crippen LogP contribution in [-0.2, 0) is 10.0 Å². The molecular formula is C23H28ClN3O7S2. The quantitative estimate of drug-likeness (QED) is 0.395. The zero-order valence-corrected chi connectivity index (χ0v) is 22.6. The van der Waals surface area contributed by atoms with Gasteiger partial charge in [0.25, 0.3) is 15.9 Å². The number of nitrogens with one attached hydrogen (secondary N) is 3. The van der Waals surface area contributed by atoms with Crippen LogP contribution in [0.1, 0.15) is 42.1 Å². The highest BCUT2D eigenvalue weighted by atomic mass is 35.5. The highest BCUT2D eigenvalue weighted by Gasteiger charge is 2.33. The highest BCUT2D eigenvalue weighted by Crippen LogP contribution is 2.41. The van der Waals surface area contributed by atoms with E-state index in [4.69, 9.17) is 25.8 Å². The van der Waals surface area contributed by atoms with Gasteiger partial charge in [-0.3, -0.25) is 14.3 Å². The maximum Gasteiger partial charge on any atom is 0.307 e. The Morgan fingerprint density at radius 2 is 2.00 bits per heavy atom. The molecule has 2 aromatic carbocycles. The molecule has 13 heteroatoms. The van der Waals surface area contributed by atoms with E-state index in [2.05, 4.69) is 10.0 Å². The Morgan fingerprint density at radius 3 is 2.67 bits per heavy atom. The van der Waals surface area contributed by atoms with Crippen molar-refractivity contribution in [3.63, 3.8) is 0 Å². The molecule has 2 atom stereocenters. The van der Waals surface area contributed by atoms with Crippen molar-refractivity contribution in [1.29, 1.82) is 0 Å². The van der Waals surface area contributed by atoms with Crippen LogP contribution in [0.3, 0.4) is 0 Å². The van der Waals surface area contributed by atoms with Crippen LogP contribution in [0.4, 0.5) is 4.79 Å². The summed E-state index contributed by atoms with van der Waals surface area (Å²) < 4.78 is 47.3. The van der Waals surface area contributed by atoms with Gasteiger partial charge >= 0.3 is 5.24 Å². The monoisotopic (exact) mass is 557 g/mol. The van der Waals surface area contributed by atoms with Crippen LogP contribution >= 0.6 is 23.5 Å². The summed E-state index contributed by atoms with van der Waals surface area (Å²) in [6.45, 7) is 4.12. The molecular weight excluding hydrogens is 530 g/mol. The van der Waals surface area contributed by atoms with Gasteiger partial charge in [0, 0.05) is 40.6 Å². The van der Waals surface area contributed by atoms with E-state index in [1.165, 1.54) is 32.4 Å².